The topological polar surface area (TPSA) is 12.0 Å². The van der Waals surface area contributed by atoms with E-state index in [0.717, 1.165) is 25.7 Å². The zero-order chi connectivity index (χ0) is 12.0. The van der Waals surface area contributed by atoms with E-state index in [1.165, 1.54) is 0 Å². The fourth-order valence-electron chi connectivity index (χ4n) is 1.85. The fourth-order valence-corrected chi connectivity index (χ4v) is 2.05. The molecule has 1 nitrogen and oxygen atoms in total. The van der Waals surface area contributed by atoms with Crippen LogP contribution in [0, 0.1) is 5.82 Å². The van der Waals surface area contributed by atoms with E-state index in [1.807, 2.05) is 7.05 Å². The molecule has 0 aromatic heterocycles. The van der Waals surface area contributed by atoms with Crippen molar-refractivity contribution in [3.05, 3.63) is 34.6 Å². The van der Waals surface area contributed by atoms with Gasteiger partial charge in [-0.3, -0.25) is 0 Å². The first-order chi connectivity index (χ1) is 7.69. The lowest BCUT2D eigenvalue weighted by Crippen LogP contribution is -2.25. The van der Waals surface area contributed by atoms with Gasteiger partial charge in [-0.1, -0.05) is 37.1 Å². The van der Waals surface area contributed by atoms with E-state index < -0.39 is 0 Å². The van der Waals surface area contributed by atoms with Crippen molar-refractivity contribution < 1.29 is 4.39 Å². The van der Waals surface area contributed by atoms with Crippen LogP contribution in [-0.4, -0.2) is 13.1 Å². The highest BCUT2D eigenvalue weighted by molar-refractivity contribution is 6.30. The average Bonchev–Trinajstić information content (AvgIpc) is 2.29. The van der Waals surface area contributed by atoms with Crippen molar-refractivity contribution in [3.8, 4) is 0 Å². The van der Waals surface area contributed by atoms with Gasteiger partial charge in [0.05, 0.1) is 5.02 Å². The first-order valence-electron chi connectivity index (χ1n) is 5.79. The standard InChI is InChI=1S/C13H19ClFN/c1-3-5-11(16-2)9-8-10-6-4-7-12(14)13(10)15/h4,6-7,11,16H,3,5,8-9H2,1-2H3. The highest BCUT2D eigenvalue weighted by atomic mass is 35.5. The molecule has 1 aromatic carbocycles. The van der Waals surface area contributed by atoms with Crippen LogP contribution in [0.4, 0.5) is 4.39 Å². The van der Waals surface area contributed by atoms with Crippen LogP contribution >= 0.6 is 11.6 Å². The number of rotatable bonds is 6. The molecule has 0 saturated carbocycles. The van der Waals surface area contributed by atoms with Gasteiger partial charge >= 0.3 is 0 Å². The van der Waals surface area contributed by atoms with Crippen LogP contribution in [0.25, 0.3) is 0 Å². The molecule has 0 heterocycles. The van der Waals surface area contributed by atoms with Crippen molar-refractivity contribution in [1.82, 2.24) is 5.32 Å². The quantitative estimate of drug-likeness (QED) is 0.802. The Balaban J connectivity index is 2.56. The van der Waals surface area contributed by atoms with Gasteiger partial charge in [0.15, 0.2) is 0 Å². The van der Waals surface area contributed by atoms with Crippen molar-refractivity contribution in [1.29, 1.82) is 0 Å². The summed E-state index contributed by atoms with van der Waals surface area (Å²) in [4.78, 5) is 0. The van der Waals surface area contributed by atoms with Gasteiger partial charge in [-0.15, -0.1) is 0 Å². The molecule has 0 fully saturated rings. The summed E-state index contributed by atoms with van der Waals surface area (Å²) in [5.74, 6) is -0.268. The number of nitrogens with one attached hydrogen (secondary N) is 1. The second-order valence-electron chi connectivity index (χ2n) is 4.03. The van der Waals surface area contributed by atoms with Crippen molar-refractivity contribution in [2.24, 2.45) is 0 Å². The Morgan fingerprint density at radius 1 is 1.38 bits per heavy atom. The maximum atomic E-state index is 13.6. The van der Waals surface area contributed by atoms with Crippen LogP contribution < -0.4 is 5.32 Å². The lowest BCUT2D eigenvalue weighted by Gasteiger charge is -2.15. The Bertz CT molecular complexity index is 328. The van der Waals surface area contributed by atoms with Crippen molar-refractivity contribution >= 4 is 11.6 Å². The zero-order valence-corrected chi connectivity index (χ0v) is 10.6. The largest absolute Gasteiger partial charge is 0.317 e. The summed E-state index contributed by atoms with van der Waals surface area (Å²) in [7, 11) is 1.95. The minimum atomic E-state index is -0.268. The van der Waals surface area contributed by atoms with E-state index in [1.54, 1.807) is 18.2 Å². The summed E-state index contributed by atoms with van der Waals surface area (Å²) in [5.41, 5.74) is 0.712. The monoisotopic (exact) mass is 243 g/mol. The van der Waals surface area contributed by atoms with Crippen LogP contribution in [0.5, 0.6) is 0 Å². The van der Waals surface area contributed by atoms with E-state index in [-0.39, 0.29) is 10.8 Å². The third-order valence-corrected chi connectivity index (χ3v) is 3.13. The van der Waals surface area contributed by atoms with Gasteiger partial charge in [-0.05, 0) is 37.9 Å². The van der Waals surface area contributed by atoms with Gasteiger partial charge in [0.1, 0.15) is 5.82 Å². The Morgan fingerprint density at radius 2 is 2.12 bits per heavy atom. The molecule has 0 spiro atoms. The van der Waals surface area contributed by atoms with E-state index in [4.69, 9.17) is 11.6 Å². The van der Waals surface area contributed by atoms with E-state index in [9.17, 15) is 4.39 Å². The minimum absolute atomic E-state index is 0.217. The Hall–Kier alpha value is -0.600. The normalized spacial score (nSPS) is 12.8. The van der Waals surface area contributed by atoms with E-state index in [0.29, 0.717) is 11.6 Å². The maximum Gasteiger partial charge on any atom is 0.144 e. The molecule has 0 aliphatic heterocycles. The molecular formula is C13H19ClFN. The minimum Gasteiger partial charge on any atom is -0.317 e. The third-order valence-electron chi connectivity index (χ3n) is 2.84. The molecular weight excluding hydrogens is 225 g/mol. The third kappa shape index (κ3) is 3.76. The fraction of sp³-hybridized carbons (Fsp3) is 0.538. The second-order valence-corrected chi connectivity index (χ2v) is 4.43. The van der Waals surface area contributed by atoms with Gasteiger partial charge in [0.25, 0.3) is 0 Å². The number of aryl methyl sites for hydroxylation is 1. The van der Waals surface area contributed by atoms with Crippen LogP contribution in [0.1, 0.15) is 31.7 Å². The molecule has 0 bridgehead atoms. The van der Waals surface area contributed by atoms with Crippen LogP contribution in [0.2, 0.25) is 5.02 Å². The van der Waals surface area contributed by atoms with Crippen molar-refractivity contribution in [2.45, 2.75) is 38.6 Å². The molecule has 1 atom stereocenters. The Labute approximate surface area is 102 Å². The van der Waals surface area contributed by atoms with E-state index >= 15 is 0 Å². The van der Waals surface area contributed by atoms with Gasteiger partial charge in [0, 0.05) is 6.04 Å². The highest BCUT2D eigenvalue weighted by Crippen LogP contribution is 2.19. The number of hydrogen-bond acceptors (Lipinski definition) is 1. The molecule has 0 saturated heterocycles. The molecule has 0 amide bonds. The summed E-state index contributed by atoms with van der Waals surface area (Å²) in [6, 6.07) is 5.65. The number of hydrogen-bond donors (Lipinski definition) is 1. The maximum absolute atomic E-state index is 13.6. The molecule has 1 rings (SSSR count). The Morgan fingerprint density at radius 3 is 2.75 bits per heavy atom. The highest BCUT2D eigenvalue weighted by Gasteiger charge is 2.09. The first kappa shape index (κ1) is 13.5. The van der Waals surface area contributed by atoms with Gasteiger partial charge in [0.2, 0.25) is 0 Å². The Kier molecular flexibility index (Phi) is 5.78. The predicted molar refractivity (Wildman–Crippen MR) is 67.5 cm³/mol. The number of halogens is 2. The SMILES string of the molecule is CCCC(CCc1cccc(Cl)c1F)NC. The van der Waals surface area contributed by atoms with Crippen molar-refractivity contribution in [2.75, 3.05) is 7.05 Å². The smallest absolute Gasteiger partial charge is 0.144 e. The van der Waals surface area contributed by atoms with Gasteiger partial charge < -0.3 is 5.32 Å². The summed E-state index contributed by atoms with van der Waals surface area (Å²) >= 11 is 5.73. The van der Waals surface area contributed by atoms with E-state index in [2.05, 4.69) is 12.2 Å². The molecule has 3 heteroatoms. The molecule has 90 valence electrons. The lowest BCUT2D eigenvalue weighted by molar-refractivity contribution is 0.478. The zero-order valence-electron chi connectivity index (χ0n) is 9.89. The molecule has 0 aliphatic rings. The molecule has 16 heavy (non-hydrogen) atoms. The first-order valence-corrected chi connectivity index (χ1v) is 6.17. The summed E-state index contributed by atoms with van der Waals surface area (Å²) in [6.07, 6.45) is 3.95. The summed E-state index contributed by atoms with van der Waals surface area (Å²) < 4.78 is 13.6. The molecule has 1 aromatic rings. The van der Waals surface area contributed by atoms with Crippen LogP contribution in [-0.2, 0) is 6.42 Å². The second kappa shape index (κ2) is 6.87. The van der Waals surface area contributed by atoms with Crippen LogP contribution in [0.3, 0.4) is 0 Å². The van der Waals surface area contributed by atoms with Gasteiger partial charge in [-0.2, -0.15) is 0 Å². The van der Waals surface area contributed by atoms with Crippen molar-refractivity contribution in [3.63, 3.8) is 0 Å². The molecule has 0 radical (unpaired) electrons. The lowest BCUT2D eigenvalue weighted by atomic mass is 10.0. The number of benzene rings is 1. The molecule has 0 aliphatic carbocycles. The summed E-state index contributed by atoms with van der Waals surface area (Å²) in [6.45, 7) is 2.16. The molecule has 1 N–H and O–H groups in total. The van der Waals surface area contributed by atoms with Gasteiger partial charge in [-0.25, -0.2) is 4.39 Å². The predicted octanol–water partition coefficient (Wildman–Crippen LogP) is 3.80. The average molecular weight is 244 g/mol. The summed E-state index contributed by atoms with van der Waals surface area (Å²) in [5, 5.41) is 3.47. The molecule has 1 unspecified atom stereocenters. The van der Waals surface area contributed by atoms with Crippen LogP contribution in [0.15, 0.2) is 18.2 Å².